The van der Waals surface area contributed by atoms with E-state index in [9.17, 15) is 22.8 Å². The highest BCUT2D eigenvalue weighted by atomic mass is 35.5. The van der Waals surface area contributed by atoms with Crippen LogP contribution in [0.1, 0.15) is 32.1 Å². The lowest BCUT2D eigenvalue weighted by atomic mass is 10.1. The number of nitrogens with two attached hydrogens (primary N) is 1. The number of rotatable bonds is 3. The van der Waals surface area contributed by atoms with Crippen molar-refractivity contribution in [3.05, 3.63) is 41.4 Å². The molecule has 0 bridgehead atoms. The van der Waals surface area contributed by atoms with Crippen molar-refractivity contribution in [2.24, 2.45) is 11.7 Å². The maximum atomic E-state index is 13.3. The molecule has 35 heavy (non-hydrogen) atoms. The van der Waals surface area contributed by atoms with Gasteiger partial charge in [-0.3, -0.25) is 14.4 Å². The van der Waals surface area contributed by atoms with Gasteiger partial charge in [0.15, 0.2) is 0 Å². The molecule has 0 spiro atoms. The van der Waals surface area contributed by atoms with Gasteiger partial charge in [0.2, 0.25) is 11.8 Å². The van der Waals surface area contributed by atoms with Crippen LogP contribution in [0.15, 0.2) is 41.3 Å². The van der Waals surface area contributed by atoms with Crippen molar-refractivity contribution in [2.75, 3.05) is 19.8 Å². The van der Waals surface area contributed by atoms with E-state index in [-0.39, 0.29) is 17.2 Å². The summed E-state index contributed by atoms with van der Waals surface area (Å²) in [6.07, 6.45) is 5.82. The third kappa shape index (κ3) is 5.53. The van der Waals surface area contributed by atoms with E-state index in [1.165, 1.54) is 29.2 Å². The van der Waals surface area contributed by atoms with Crippen molar-refractivity contribution >= 4 is 39.3 Å². The molecule has 3 aliphatic rings. The highest BCUT2D eigenvalue weighted by molar-refractivity contribution is 7.90. The van der Waals surface area contributed by atoms with Crippen LogP contribution in [0.25, 0.3) is 0 Å². The SMILES string of the molecule is NC1CCOCCC=CC2CC2(C(=O)NS(=O)(=O)c2ccc(Cl)cc2)NC(=O)C2CCCN2C1=O. The molecule has 0 radical (unpaired) electrons. The highest BCUT2D eigenvalue weighted by Gasteiger charge is 2.61. The Bertz CT molecular complexity index is 1130. The normalized spacial score (nSPS) is 29.9. The van der Waals surface area contributed by atoms with Gasteiger partial charge in [-0.2, -0.15) is 0 Å². The summed E-state index contributed by atoms with van der Waals surface area (Å²) in [4.78, 5) is 40.7. The van der Waals surface area contributed by atoms with Crippen LogP contribution in [0.5, 0.6) is 0 Å². The van der Waals surface area contributed by atoms with E-state index in [2.05, 4.69) is 10.0 Å². The number of hydrogen-bond donors (Lipinski definition) is 3. The minimum atomic E-state index is -4.19. The fraction of sp³-hybridized carbons (Fsp3) is 0.522. The summed E-state index contributed by atoms with van der Waals surface area (Å²) in [6.45, 7) is 1.12. The lowest BCUT2D eigenvalue weighted by Gasteiger charge is -2.28. The zero-order valence-corrected chi connectivity index (χ0v) is 20.7. The van der Waals surface area contributed by atoms with Crippen molar-refractivity contribution < 1.29 is 27.5 Å². The quantitative estimate of drug-likeness (QED) is 0.493. The Morgan fingerprint density at radius 1 is 1.20 bits per heavy atom. The molecular formula is C23H29ClN4O6S. The number of nitrogens with one attached hydrogen (secondary N) is 2. The molecule has 1 saturated heterocycles. The van der Waals surface area contributed by atoms with Gasteiger partial charge in [0.25, 0.3) is 15.9 Å². The fourth-order valence-corrected chi connectivity index (χ4v) is 5.70. The van der Waals surface area contributed by atoms with E-state index >= 15 is 0 Å². The van der Waals surface area contributed by atoms with E-state index in [4.69, 9.17) is 22.1 Å². The number of amides is 3. The Morgan fingerprint density at radius 3 is 2.69 bits per heavy atom. The molecule has 4 rings (SSSR count). The third-order valence-electron chi connectivity index (χ3n) is 6.64. The molecule has 2 aliphatic heterocycles. The smallest absolute Gasteiger partial charge is 0.264 e. The molecule has 1 aromatic carbocycles. The Labute approximate surface area is 209 Å². The average Bonchev–Trinajstić information content (AvgIpc) is 3.28. The lowest BCUT2D eigenvalue weighted by molar-refractivity contribution is -0.140. The zero-order chi connectivity index (χ0) is 25.2. The van der Waals surface area contributed by atoms with Crippen molar-refractivity contribution in [1.82, 2.24) is 14.9 Å². The van der Waals surface area contributed by atoms with Gasteiger partial charge in [-0.15, -0.1) is 0 Å². The van der Waals surface area contributed by atoms with E-state index in [0.29, 0.717) is 50.5 Å². The van der Waals surface area contributed by atoms with Crippen LogP contribution in [-0.4, -0.2) is 68.4 Å². The van der Waals surface area contributed by atoms with Crippen LogP contribution in [0, 0.1) is 5.92 Å². The number of fused-ring (bicyclic) bond motifs is 2. The van der Waals surface area contributed by atoms with Crippen LogP contribution in [0.4, 0.5) is 0 Å². The first-order chi connectivity index (χ1) is 16.6. The maximum absolute atomic E-state index is 13.3. The number of hydrogen-bond acceptors (Lipinski definition) is 7. The van der Waals surface area contributed by atoms with E-state index in [1.54, 1.807) is 6.08 Å². The molecule has 4 unspecified atom stereocenters. The molecule has 4 atom stereocenters. The molecule has 3 amide bonds. The summed E-state index contributed by atoms with van der Waals surface area (Å²) in [5.41, 5.74) is 4.61. The largest absolute Gasteiger partial charge is 0.381 e. The third-order valence-corrected chi connectivity index (χ3v) is 8.24. The maximum Gasteiger partial charge on any atom is 0.264 e. The van der Waals surface area contributed by atoms with Crippen molar-refractivity contribution in [3.63, 3.8) is 0 Å². The highest BCUT2D eigenvalue weighted by Crippen LogP contribution is 2.45. The van der Waals surface area contributed by atoms with Gasteiger partial charge in [-0.25, -0.2) is 13.1 Å². The summed E-state index contributed by atoms with van der Waals surface area (Å²) < 4.78 is 33.3. The van der Waals surface area contributed by atoms with E-state index in [0.717, 1.165) is 0 Å². The van der Waals surface area contributed by atoms with Crippen molar-refractivity contribution in [1.29, 1.82) is 0 Å². The molecule has 1 aromatic rings. The monoisotopic (exact) mass is 524 g/mol. The van der Waals surface area contributed by atoms with Gasteiger partial charge in [-0.1, -0.05) is 23.8 Å². The first kappa shape index (κ1) is 25.6. The summed E-state index contributed by atoms with van der Waals surface area (Å²) in [5.74, 6) is -2.06. The Hall–Kier alpha value is -2.47. The Balaban J connectivity index is 1.58. The number of nitrogens with zero attached hydrogens (tertiary/aromatic N) is 1. The number of carbonyl (C=O) groups excluding carboxylic acids is 3. The molecule has 190 valence electrons. The summed E-state index contributed by atoms with van der Waals surface area (Å²) >= 11 is 5.84. The van der Waals surface area contributed by atoms with Crippen molar-refractivity contribution in [3.8, 4) is 0 Å². The summed E-state index contributed by atoms with van der Waals surface area (Å²) in [6, 6.07) is 3.83. The van der Waals surface area contributed by atoms with Gasteiger partial charge in [0.05, 0.1) is 17.5 Å². The van der Waals surface area contributed by atoms with Crippen LogP contribution < -0.4 is 15.8 Å². The average molecular weight is 525 g/mol. The minimum absolute atomic E-state index is 0.124. The van der Waals surface area contributed by atoms with Crippen LogP contribution >= 0.6 is 11.6 Å². The van der Waals surface area contributed by atoms with Gasteiger partial charge < -0.3 is 20.7 Å². The molecule has 1 saturated carbocycles. The molecule has 2 fully saturated rings. The van der Waals surface area contributed by atoms with E-state index in [1.807, 2.05) is 6.08 Å². The first-order valence-corrected chi connectivity index (χ1v) is 13.5. The first-order valence-electron chi connectivity index (χ1n) is 11.6. The lowest BCUT2D eigenvalue weighted by Crippen LogP contribution is -2.57. The number of sulfonamides is 1. The minimum Gasteiger partial charge on any atom is -0.381 e. The molecular weight excluding hydrogens is 496 g/mol. The van der Waals surface area contributed by atoms with Gasteiger partial charge in [-0.05, 0) is 56.4 Å². The fourth-order valence-electron chi connectivity index (χ4n) is 4.53. The predicted molar refractivity (Wildman–Crippen MR) is 128 cm³/mol. The van der Waals surface area contributed by atoms with Gasteiger partial charge >= 0.3 is 0 Å². The van der Waals surface area contributed by atoms with Crippen LogP contribution in [-0.2, 0) is 29.1 Å². The second-order valence-corrected chi connectivity index (χ2v) is 11.2. The molecule has 1 aliphatic carbocycles. The zero-order valence-electron chi connectivity index (χ0n) is 19.1. The molecule has 12 heteroatoms. The second-order valence-electron chi connectivity index (χ2n) is 9.07. The molecule has 10 nitrogen and oxygen atoms in total. The van der Waals surface area contributed by atoms with Crippen molar-refractivity contribution in [2.45, 2.75) is 54.6 Å². The van der Waals surface area contributed by atoms with E-state index < -0.39 is 45.4 Å². The van der Waals surface area contributed by atoms with Crippen LogP contribution in [0.3, 0.4) is 0 Å². The van der Waals surface area contributed by atoms with Gasteiger partial charge in [0, 0.05) is 24.1 Å². The molecule has 4 N–H and O–H groups in total. The number of carbonyl (C=O) groups is 3. The van der Waals surface area contributed by atoms with Gasteiger partial charge in [0.1, 0.15) is 11.6 Å². The molecule has 2 heterocycles. The summed E-state index contributed by atoms with van der Waals surface area (Å²) in [7, 11) is -4.19. The number of halogens is 1. The predicted octanol–water partition coefficient (Wildman–Crippen LogP) is 0.705. The molecule has 0 aromatic heterocycles. The summed E-state index contributed by atoms with van der Waals surface area (Å²) in [5, 5.41) is 3.13. The Morgan fingerprint density at radius 2 is 1.94 bits per heavy atom. The number of ether oxygens (including phenoxy) is 1. The Kier molecular flexibility index (Phi) is 7.51. The standard InChI is InChI=1S/C23H29ClN4O6S/c24-16-6-8-17(9-7-16)35(32,33)27-22(31)23-14-15(23)4-1-2-12-34-13-10-18(25)21(30)28-11-3-5-19(28)20(29)26-23/h1,4,6-9,15,18-19H,2-3,5,10-14,25H2,(H,26,29)(H,27,31). The number of benzene rings is 1. The second kappa shape index (κ2) is 10.3. The van der Waals surface area contributed by atoms with Crippen LogP contribution in [0.2, 0.25) is 5.02 Å². The topological polar surface area (TPSA) is 148 Å².